The van der Waals surface area contributed by atoms with E-state index in [0.717, 1.165) is 11.1 Å². The van der Waals surface area contributed by atoms with Crippen molar-refractivity contribution in [3.63, 3.8) is 0 Å². The fourth-order valence-electron chi connectivity index (χ4n) is 2.95. The molecule has 0 saturated carbocycles. The van der Waals surface area contributed by atoms with Gasteiger partial charge in [-0.2, -0.15) is 8.42 Å². The minimum absolute atomic E-state index is 0.0220. The molecule has 0 fully saturated rings. The standard InChI is InChI=1S/C22H22O5S/c1-22(2,3)26-18-14-15-19(27-28(23,24)25)21(17-12-8-5-9-13-17)20(18)16-10-6-4-7-11-16/h4-15H,1-3H3,(H,23,24,25). The highest BCUT2D eigenvalue weighted by Gasteiger charge is 2.24. The van der Waals surface area contributed by atoms with E-state index >= 15 is 0 Å². The first-order valence-corrected chi connectivity index (χ1v) is 10.1. The lowest BCUT2D eigenvalue weighted by Crippen LogP contribution is -2.23. The van der Waals surface area contributed by atoms with Crippen molar-refractivity contribution >= 4 is 10.4 Å². The van der Waals surface area contributed by atoms with Crippen molar-refractivity contribution in [3.05, 3.63) is 72.8 Å². The van der Waals surface area contributed by atoms with E-state index in [0.29, 0.717) is 16.9 Å². The van der Waals surface area contributed by atoms with Crippen LogP contribution in [-0.2, 0) is 10.4 Å². The van der Waals surface area contributed by atoms with E-state index in [2.05, 4.69) is 0 Å². The normalized spacial score (nSPS) is 11.9. The minimum atomic E-state index is -4.70. The second-order valence-corrected chi connectivity index (χ2v) is 8.29. The molecule has 6 heteroatoms. The Hall–Kier alpha value is -2.83. The quantitative estimate of drug-likeness (QED) is 0.584. The Labute approximate surface area is 165 Å². The minimum Gasteiger partial charge on any atom is -0.487 e. The molecule has 3 aromatic rings. The average molecular weight is 398 g/mol. The Morgan fingerprint density at radius 2 is 1.14 bits per heavy atom. The molecule has 0 saturated heterocycles. The van der Waals surface area contributed by atoms with Gasteiger partial charge in [-0.25, -0.2) is 0 Å². The lowest BCUT2D eigenvalue weighted by atomic mass is 9.92. The first-order valence-electron chi connectivity index (χ1n) is 8.78. The molecule has 5 nitrogen and oxygen atoms in total. The van der Waals surface area contributed by atoms with Gasteiger partial charge in [-0.3, -0.25) is 4.55 Å². The molecule has 146 valence electrons. The molecule has 3 aromatic carbocycles. The molecule has 0 spiro atoms. The molecular formula is C22H22O5S. The Balaban J connectivity index is 2.37. The Morgan fingerprint density at radius 1 is 0.714 bits per heavy atom. The molecule has 0 aliphatic carbocycles. The first-order chi connectivity index (χ1) is 13.1. The van der Waals surface area contributed by atoms with Crippen molar-refractivity contribution in [2.75, 3.05) is 0 Å². The van der Waals surface area contributed by atoms with Gasteiger partial charge < -0.3 is 8.92 Å². The smallest absolute Gasteiger partial charge is 0.446 e. The molecular weight excluding hydrogens is 376 g/mol. The van der Waals surface area contributed by atoms with E-state index in [1.165, 1.54) is 6.07 Å². The van der Waals surface area contributed by atoms with Gasteiger partial charge in [0, 0.05) is 11.1 Å². The second-order valence-electron chi connectivity index (χ2n) is 7.27. The predicted octanol–water partition coefficient (Wildman–Crippen LogP) is 5.38. The zero-order valence-corrected chi connectivity index (χ0v) is 16.7. The van der Waals surface area contributed by atoms with Crippen LogP contribution < -0.4 is 8.92 Å². The van der Waals surface area contributed by atoms with E-state index in [4.69, 9.17) is 8.92 Å². The first kappa shape index (κ1) is 19.9. The van der Waals surface area contributed by atoms with Crippen molar-refractivity contribution < 1.29 is 21.9 Å². The zero-order chi connectivity index (χ0) is 20.4. The number of hydrogen-bond acceptors (Lipinski definition) is 4. The highest BCUT2D eigenvalue weighted by atomic mass is 32.3. The summed E-state index contributed by atoms with van der Waals surface area (Å²) < 4.78 is 43.2. The Kier molecular flexibility index (Phi) is 5.45. The SMILES string of the molecule is CC(C)(C)Oc1ccc(OS(=O)(=O)O)c(-c2ccccc2)c1-c1ccccc1. The van der Waals surface area contributed by atoms with Crippen LogP contribution >= 0.6 is 0 Å². The molecule has 0 aromatic heterocycles. The van der Waals surface area contributed by atoms with Crippen LogP contribution in [-0.4, -0.2) is 18.6 Å². The fraction of sp³-hybridized carbons (Fsp3) is 0.182. The third-order valence-corrected chi connectivity index (χ3v) is 4.26. The lowest BCUT2D eigenvalue weighted by molar-refractivity contribution is 0.131. The summed E-state index contributed by atoms with van der Waals surface area (Å²) in [7, 11) is -4.70. The molecule has 0 bridgehead atoms. The van der Waals surface area contributed by atoms with Gasteiger partial charge in [0.25, 0.3) is 0 Å². The highest BCUT2D eigenvalue weighted by molar-refractivity contribution is 7.81. The number of benzene rings is 3. The van der Waals surface area contributed by atoms with Gasteiger partial charge in [-0.1, -0.05) is 60.7 Å². The lowest BCUT2D eigenvalue weighted by Gasteiger charge is -2.26. The summed E-state index contributed by atoms with van der Waals surface area (Å²) in [5.41, 5.74) is 2.30. The van der Waals surface area contributed by atoms with E-state index in [9.17, 15) is 13.0 Å². The van der Waals surface area contributed by atoms with Crippen LogP contribution in [0.5, 0.6) is 11.5 Å². The van der Waals surface area contributed by atoms with Crippen LogP contribution in [0.4, 0.5) is 0 Å². The van der Waals surface area contributed by atoms with Crippen molar-refractivity contribution in [2.24, 2.45) is 0 Å². The summed E-state index contributed by atoms with van der Waals surface area (Å²) >= 11 is 0. The average Bonchev–Trinajstić information content (AvgIpc) is 2.62. The van der Waals surface area contributed by atoms with Crippen LogP contribution in [0.25, 0.3) is 22.3 Å². The Morgan fingerprint density at radius 3 is 1.57 bits per heavy atom. The topological polar surface area (TPSA) is 72.8 Å². The van der Waals surface area contributed by atoms with Crippen LogP contribution in [0.15, 0.2) is 72.8 Å². The zero-order valence-electron chi connectivity index (χ0n) is 15.9. The third-order valence-electron chi connectivity index (χ3n) is 3.87. The molecule has 0 radical (unpaired) electrons. The van der Waals surface area contributed by atoms with Crippen molar-refractivity contribution in [1.82, 2.24) is 0 Å². The fourth-order valence-corrected chi connectivity index (χ4v) is 3.31. The number of hydrogen-bond donors (Lipinski definition) is 1. The van der Waals surface area contributed by atoms with Crippen LogP contribution in [0, 0.1) is 0 Å². The van der Waals surface area contributed by atoms with Crippen molar-refractivity contribution in [3.8, 4) is 33.8 Å². The van der Waals surface area contributed by atoms with Crippen molar-refractivity contribution in [2.45, 2.75) is 26.4 Å². The van der Waals surface area contributed by atoms with E-state index in [-0.39, 0.29) is 5.75 Å². The largest absolute Gasteiger partial charge is 0.487 e. The van der Waals surface area contributed by atoms with Gasteiger partial charge in [-0.15, -0.1) is 0 Å². The van der Waals surface area contributed by atoms with E-state index < -0.39 is 16.0 Å². The van der Waals surface area contributed by atoms with Crippen LogP contribution in [0.3, 0.4) is 0 Å². The summed E-state index contributed by atoms with van der Waals surface area (Å²) in [6, 6.07) is 21.9. The van der Waals surface area contributed by atoms with Crippen LogP contribution in [0.1, 0.15) is 20.8 Å². The molecule has 0 heterocycles. The molecule has 0 atom stereocenters. The van der Waals surface area contributed by atoms with Gasteiger partial charge >= 0.3 is 10.4 Å². The summed E-state index contributed by atoms with van der Waals surface area (Å²) in [6.45, 7) is 5.81. The van der Waals surface area contributed by atoms with Gasteiger partial charge in [0.05, 0.1) is 0 Å². The van der Waals surface area contributed by atoms with Gasteiger partial charge in [0.15, 0.2) is 5.75 Å². The molecule has 28 heavy (non-hydrogen) atoms. The highest BCUT2D eigenvalue weighted by Crippen LogP contribution is 2.46. The predicted molar refractivity (Wildman–Crippen MR) is 110 cm³/mol. The summed E-state index contributed by atoms with van der Waals surface area (Å²) in [5, 5.41) is 0. The molecule has 0 amide bonds. The molecule has 0 unspecified atom stereocenters. The van der Waals surface area contributed by atoms with Crippen molar-refractivity contribution in [1.29, 1.82) is 0 Å². The summed E-state index contributed by atoms with van der Waals surface area (Å²) in [5.74, 6) is 0.606. The molecule has 1 N–H and O–H groups in total. The second kappa shape index (κ2) is 7.66. The van der Waals surface area contributed by atoms with Gasteiger partial charge in [-0.05, 0) is 44.0 Å². The molecule has 0 aliphatic heterocycles. The number of rotatable bonds is 5. The summed E-state index contributed by atoms with van der Waals surface area (Å²) in [4.78, 5) is 0. The Bertz CT molecular complexity index is 1050. The molecule has 3 rings (SSSR count). The van der Waals surface area contributed by atoms with E-state index in [1.54, 1.807) is 6.07 Å². The van der Waals surface area contributed by atoms with Gasteiger partial charge in [0.1, 0.15) is 11.4 Å². The monoisotopic (exact) mass is 398 g/mol. The number of ether oxygens (including phenoxy) is 1. The maximum absolute atomic E-state index is 11.4. The maximum Gasteiger partial charge on any atom is 0.446 e. The van der Waals surface area contributed by atoms with Crippen LogP contribution in [0.2, 0.25) is 0 Å². The maximum atomic E-state index is 11.4. The third kappa shape index (κ3) is 4.91. The molecule has 0 aliphatic rings. The van der Waals surface area contributed by atoms with E-state index in [1.807, 2.05) is 81.4 Å². The summed E-state index contributed by atoms with van der Waals surface area (Å²) in [6.07, 6.45) is 0. The van der Waals surface area contributed by atoms with Gasteiger partial charge in [0.2, 0.25) is 0 Å².